The van der Waals surface area contributed by atoms with Gasteiger partial charge in [-0.25, -0.2) is 0 Å². The van der Waals surface area contributed by atoms with Crippen molar-refractivity contribution in [2.24, 2.45) is 5.92 Å². The van der Waals surface area contributed by atoms with Crippen molar-refractivity contribution in [3.63, 3.8) is 0 Å². The van der Waals surface area contributed by atoms with Crippen LogP contribution in [0.1, 0.15) is 54.5 Å². The maximum atomic E-state index is 14.5. The van der Waals surface area contributed by atoms with Crippen LogP contribution in [0.25, 0.3) is 10.9 Å². The molecule has 0 spiro atoms. The summed E-state index contributed by atoms with van der Waals surface area (Å²) < 4.78 is 48.1. The fourth-order valence-corrected chi connectivity index (χ4v) is 9.08. The van der Waals surface area contributed by atoms with E-state index in [1.54, 1.807) is 24.0 Å². The molecule has 1 aliphatic carbocycles. The fraction of sp³-hybridized carbons (Fsp3) is 0.514. The molecule has 10 nitrogen and oxygen atoms in total. The molecule has 8 rings (SSSR count). The first-order valence-corrected chi connectivity index (χ1v) is 16.6. The minimum absolute atomic E-state index is 0.170. The highest BCUT2D eigenvalue weighted by molar-refractivity contribution is 5.97. The van der Waals surface area contributed by atoms with Crippen molar-refractivity contribution in [1.82, 2.24) is 25.0 Å². The summed E-state index contributed by atoms with van der Waals surface area (Å²) in [5, 5.41) is 15.5. The van der Waals surface area contributed by atoms with E-state index in [0.717, 1.165) is 16.0 Å². The molecule has 3 amide bonds. The average molecular weight is 666 g/mol. The number of halogens is 3. The third kappa shape index (κ3) is 4.61. The van der Waals surface area contributed by atoms with Crippen LogP contribution >= 0.6 is 0 Å². The summed E-state index contributed by atoms with van der Waals surface area (Å²) in [4.78, 5) is 49.7. The summed E-state index contributed by atoms with van der Waals surface area (Å²) in [6, 6.07) is 12.5. The lowest BCUT2D eigenvalue weighted by molar-refractivity contribution is -0.346. The minimum atomic E-state index is -4.51. The Balaban J connectivity index is 1.07. The summed E-state index contributed by atoms with van der Waals surface area (Å²) >= 11 is 0. The van der Waals surface area contributed by atoms with Gasteiger partial charge in [-0.3, -0.25) is 19.3 Å². The van der Waals surface area contributed by atoms with Crippen molar-refractivity contribution < 1.29 is 37.4 Å². The molecule has 5 heterocycles. The van der Waals surface area contributed by atoms with Crippen LogP contribution in [-0.2, 0) is 38.1 Å². The number of aromatic nitrogens is 1. The quantitative estimate of drug-likeness (QED) is 0.395. The molecule has 2 aromatic carbocycles. The molecule has 4 unspecified atom stereocenters. The van der Waals surface area contributed by atoms with Gasteiger partial charge in [-0.05, 0) is 62.4 Å². The van der Waals surface area contributed by atoms with E-state index in [-0.39, 0.29) is 49.4 Å². The number of hydrogen-bond donors (Lipinski definition) is 3. The molecule has 4 fully saturated rings. The van der Waals surface area contributed by atoms with E-state index < -0.39 is 53.1 Å². The largest absolute Gasteiger partial charge is 0.431 e. The van der Waals surface area contributed by atoms with Crippen LogP contribution in [0.3, 0.4) is 0 Å². The SMILES string of the molecule is CN1CC(C(=O)NC2(C)CO[C@@]3(O)C4CCCN4C(=O)[C@H](Cc4ccccc4)N3C2=O)C[C@@H]2c3cccc4[nH]c(C(F)(F)F)c(c34)CC21. The molecule has 48 heavy (non-hydrogen) atoms. The fourth-order valence-electron chi connectivity index (χ4n) is 9.08. The Morgan fingerprint density at radius 1 is 1.15 bits per heavy atom. The molecule has 5 aliphatic rings. The van der Waals surface area contributed by atoms with Gasteiger partial charge in [-0.1, -0.05) is 42.5 Å². The van der Waals surface area contributed by atoms with Gasteiger partial charge >= 0.3 is 6.18 Å². The van der Waals surface area contributed by atoms with E-state index in [9.17, 15) is 32.7 Å². The number of piperidine rings is 1. The summed E-state index contributed by atoms with van der Waals surface area (Å²) in [6.07, 6.45) is -2.61. The standard InChI is InChI=1S/C35H38F3N5O5/c1-33(18-48-35(47)27-12-7-13-42(27)31(45)26(43(35)32(33)46)14-19-8-4-3-5-9-19)40-30(44)20-15-22-21-10-6-11-24-28(21)23(16-25(22)41(2)17-20)29(39-24)34(36,37)38/h3-6,8-11,20,22,25-27,39,47H,7,12-18H2,1-2H3,(H,40,44)/t20?,22-,25?,26+,27?,33?,35+/m1/s1. The van der Waals surface area contributed by atoms with Gasteiger partial charge in [0.2, 0.25) is 11.8 Å². The maximum absolute atomic E-state index is 14.5. The van der Waals surface area contributed by atoms with Crippen LogP contribution in [-0.4, -0.2) is 98.8 Å². The summed E-state index contributed by atoms with van der Waals surface area (Å²) in [7, 11) is 1.82. The van der Waals surface area contributed by atoms with Crippen LogP contribution in [0, 0.1) is 5.92 Å². The van der Waals surface area contributed by atoms with Crippen LogP contribution in [0.2, 0.25) is 0 Å². The van der Waals surface area contributed by atoms with Gasteiger partial charge in [-0.15, -0.1) is 0 Å². The highest BCUT2D eigenvalue weighted by atomic mass is 19.4. The highest BCUT2D eigenvalue weighted by Crippen LogP contribution is 2.48. The van der Waals surface area contributed by atoms with E-state index in [4.69, 9.17) is 4.74 Å². The van der Waals surface area contributed by atoms with E-state index in [2.05, 4.69) is 10.3 Å². The first-order valence-electron chi connectivity index (χ1n) is 16.6. The van der Waals surface area contributed by atoms with Crippen LogP contribution < -0.4 is 5.32 Å². The molecular formula is C35H38F3N5O5. The number of carbonyl (C=O) groups excluding carboxylic acids is 3. The number of nitrogens with zero attached hydrogens (tertiary/aromatic N) is 3. The van der Waals surface area contributed by atoms with Gasteiger partial charge < -0.3 is 29.9 Å². The van der Waals surface area contributed by atoms with Gasteiger partial charge in [-0.2, -0.15) is 13.2 Å². The number of alkyl halides is 3. The Kier molecular flexibility index (Phi) is 7.04. The third-order valence-corrected chi connectivity index (χ3v) is 11.4. The molecule has 0 radical (unpaired) electrons. The van der Waals surface area contributed by atoms with Gasteiger partial charge in [0.25, 0.3) is 11.8 Å². The lowest BCUT2D eigenvalue weighted by Gasteiger charge is -2.58. The van der Waals surface area contributed by atoms with Gasteiger partial charge in [0.1, 0.15) is 23.3 Å². The Hall–Kier alpha value is -3.94. The second-order valence-corrected chi connectivity index (χ2v) is 14.3. The Morgan fingerprint density at radius 3 is 2.67 bits per heavy atom. The van der Waals surface area contributed by atoms with Crippen molar-refractivity contribution in [3.05, 3.63) is 70.9 Å². The summed E-state index contributed by atoms with van der Waals surface area (Å²) in [5.74, 6) is -4.05. The zero-order chi connectivity index (χ0) is 33.7. The predicted molar refractivity (Wildman–Crippen MR) is 167 cm³/mol. The molecule has 254 valence electrons. The molecule has 0 saturated carbocycles. The van der Waals surface area contributed by atoms with Crippen molar-refractivity contribution in [1.29, 1.82) is 0 Å². The molecule has 4 aliphatic heterocycles. The number of benzene rings is 2. The van der Waals surface area contributed by atoms with E-state index >= 15 is 0 Å². The number of amides is 3. The topological polar surface area (TPSA) is 118 Å². The second kappa shape index (κ2) is 10.8. The normalized spacial score (nSPS) is 33.4. The number of carbonyl (C=O) groups is 3. The van der Waals surface area contributed by atoms with E-state index in [0.29, 0.717) is 36.7 Å². The Bertz CT molecular complexity index is 1810. The number of ether oxygens (including phenoxy) is 1. The van der Waals surface area contributed by atoms with E-state index in [1.165, 1.54) is 0 Å². The van der Waals surface area contributed by atoms with Crippen LogP contribution in [0.4, 0.5) is 13.2 Å². The van der Waals surface area contributed by atoms with Crippen molar-refractivity contribution in [2.45, 2.75) is 80.7 Å². The summed E-state index contributed by atoms with van der Waals surface area (Å²) in [5.41, 5.74) is -0.0140. The number of hydrogen-bond acceptors (Lipinski definition) is 6. The third-order valence-electron chi connectivity index (χ3n) is 11.4. The smallest absolute Gasteiger partial charge is 0.351 e. The van der Waals surface area contributed by atoms with Gasteiger partial charge in [0.15, 0.2) is 0 Å². The zero-order valence-electron chi connectivity index (χ0n) is 26.7. The monoisotopic (exact) mass is 665 g/mol. The molecule has 0 bridgehead atoms. The van der Waals surface area contributed by atoms with Gasteiger partial charge in [0, 0.05) is 42.4 Å². The molecule has 4 saturated heterocycles. The average Bonchev–Trinajstić information content (AvgIpc) is 3.70. The van der Waals surface area contributed by atoms with E-state index in [1.807, 2.05) is 48.3 Å². The number of aromatic amines is 1. The molecule has 3 aromatic rings. The van der Waals surface area contributed by atoms with Crippen molar-refractivity contribution in [3.8, 4) is 0 Å². The summed E-state index contributed by atoms with van der Waals surface area (Å²) in [6.45, 7) is 2.01. The van der Waals surface area contributed by atoms with Gasteiger partial charge in [0.05, 0.1) is 12.5 Å². The van der Waals surface area contributed by atoms with Crippen molar-refractivity contribution in [2.75, 3.05) is 26.7 Å². The zero-order valence-corrected chi connectivity index (χ0v) is 26.7. The lowest BCUT2D eigenvalue weighted by atomic mass is 9.71. The Morgan fingerprint density at radius 2 is 1.92 bits per heavy atom. The number of likely N-dealkylation sites (N-methyl/N-ethyl adjacent to an activating group) is 1. The first kappa shape index (κ1) is 31.3. The number of rotatable bonds is 4. The predicted octanol–water partition coefficient (Wildman–Crippen LogP) is 3.14. The number of aliphatic hydroxyl groups is 1. The molecule has 3 N–H and O–H groups in total. The number of likely N-dealkylation sites (tertiary alicyclic amines) is 1. The highest BCUT2D eigenvalue weighted by Gasteiger charge is 2.65. The molecule has 7 atom stereocenters. The minimum Gasteiger partial charge on any atom is -0.351 e. The molecule has 1 aromatic heterocycles. The molecular weight excluding hydrogens is 627 g/mol. The number of H-pyrrole nitrogens is 1. The van der Waals surface area contributed by atoms with Crippen LogP contribution in [0.5, 0.6) is 0 Å². The molecule has 13 heteroatoms. The number of fused-ring (bicyclic) bond motifs is 5. The Labute approximate surface area is 275 Å². The number of piperazine rings is 1. The first-order chi connectivity index (χ1) is 22.8. The lowest BCUT2D eigenvalue weighted by Crippen LogP contribution is -2.82. The maximum Gasteiger partial charge on any atom is 0.431 e. The second-order valence-electron chi connectivity index (χ2n) is 14.3. The van der Waals surface area contributed by atoms with Crippen molar-refractivity contribution >= 4 is 28.6 Å². The number of nitrogens with one attached hydrogen (secondary N) is 2. The van der Waals surface area contributed by atoms with Crippen LogP contribution in [0.15, 0.2) is 48.5 Å².